The van der Waals surface area contributed by atoms with Crippen molar-refractivity contribution in [2.45, 2.75) is 69.8 Å². The van der Waals surface area contributed by atoms with Gasteiger partial charge < -0.3 is 20.1 Å². The van der Waals surface area contributed by atoms with E-state index in [-0.39, 0.29) is 35.4 Å². The monoisotopic (exact) mass is 654 g/mol. The van der Waals surface area contributed by atoms with Crippen LogP contribution in [0, 0.1) is 17.2 Å². The van der Waals surface area contributed by atoms with E-state index in [1.54, 1.807) is 6.07 Å². The molecule has 246 valence electrons. The van der Waals surface area contributed by atoms with Crippen molar-refractivity contribution >= 4 is 17.6 Å². The summed E-state index contributed by atoms with van der Waals surface area (Å²) in [5.41, 5.74) is 0.144. The average molecular weight is 655 g/mol. The first-order valence-corrected chi connectivity index (χ1v) is 15.3. The van der Waals surface area contributed by atoms with Crippen LogP contribution in [-0.2, 0) is 13.1 Å². The lowest BCUT2D eigenvalue weighted by Crippen LogP contribution is -2.58. The van der Waals surface area contributed by atoms with Crippen LogP contribution in [0.4, 0.5) is 27.8 Å². The number of hydrogen-bond acceptors (Lipinski definition) is 6. The molecule has 1 aromatic carbocycles. The highest BCUT2D eigenvalue weighted by atomic mass is 19.4. The zero-order valence-corrected chi connectivity index (χ0v) is 25.3. The average Bonchev–Trinajstić information content (AvgIpc) is 3.91. The first-order chi connectivity index (χ1) is 22.2. The van der Waals surface area contributed by atoms with Crippen molar-refractivity contribution in [2.24, 2.45) is 5.92 Å². The number of nitriles is 1. The molecule has 3 aliphatic rings. The molecule has 2 saturated carbocycles. The Kier molecular flexibility index (Phi) is 8.38. The zero-order chi connectivity index (χ0) is 33.7. The van der Waals surface area contributed by atoms with Crippen molar-refractivity contribution in [3.05, 3.63) is 80.9 Å². The highest BCUT2D eigenvalue weighted by Crippen LogP contribution is 2.42. The molecular formula is C33H31F5N6O3. The van der Waals surface area contributed by atoms with Gasteiger partial charge >= 0.3 is 6.18 Å². The maximum Gasteiger partial charge on any atom is 0.406 e. The molecule has 3 heterocycles. The van der Waals surface area contributed by atoms with E-state index >= 15 is 0 Å². The Balaban J connectivity index is 1.34. The Bertz CT molecular complexity index is 1830. The van der Waals surface area contributed by atoms with Crippen LogP contribution in [0.2, 0.25) is 0 Å². The summed E-state index contributed by atoms with van der Waals surface area (Å²) in [6, 6.07) is 10.8. The summed E-state index contributed by atoms with van der Waals surface area (Å²) in [6.07, 6.45) is 0.112. The van der Waals surface area contributed by atoms with Gasteiger partial charge in [-0.25, -0.2) is 13.8 Å². The van der Waals surface area contributed by atoms with Crippen LogP contribution in [0.1, 0.15) is 76.1 Å². The van der Waals surface area contributed by atoms with Crippen LogP contribution < -0.4 is 16.2 Å². The molecule has 2 aromatic heterocycles. The summed E-state index contributed by atoms with van der Waals surface area (Å²) < 4.78 is 67.8. The molecule has 0 radical (unpaired) electrons. The molecule has 2 amide bonds. The number of rotatable bonds is 10. The number of pyridine rings is 2. The number of nitrogens with one attached hydrogen (secondary N) is 2. The van der Waals surface area contributed by atoms with Crippen LogP contribution in [0.5, 0.6) is 0 Å². The van der Waals surface area contributed by atoms with Gasteiger partial charge in [0.2, 0.25) is 0 Å². The van der Waals surface area contributed by atoms with Gasteiger partial charge in [0.25, 0.3) is 23.3 Å². The van der Waals surface area contributed by atoms with Crippen LogP contribution in [-0.4, -0.2) is 57.5 Å². The lowest BCUT2D eigenvalue weighted by molar-refractivity contribution is -0.141. The van der Waals surface area contributed by atoms with Gasteiger partial charge in [-0.1, -0.05) is 6.07 Å². The number of likely N-dealkylation sites (tertiary alicyclic amines) is 1. The standard InChI is InChI=1S/C33H31F5N6O3/c1-18(21-3-4-21)40-13-20-9-26(31(47)43(14-20)17-33(36,37)38)29(45)42-28-11-23(10-27(41-28)22-5-6-22)24-7-2-19(12-39)8-25(24)30(46)44-15-32(34,35)16-44/h2,7-11,14,18,21-22,40H,3-6,13,15-17H2,1H3,(H,41,42,45)/t18-/m0/s1. The van der Waals surface area contributed by atoms with Gasteiger partial charge in [-0.05, 0) is 85.5 Å². The Hall–Kier alpha value is -4.64. The van der Waals surface area contributed by atoms with Crippen molar-refractivity contribution in [3.8, 4) is 17.2 Å². The van der Waals surface area contributed by atoms with Crippen molar-refractivity contribution < 1.29 is 31.5 Å². The smallest absolute Gasteiger partial charge is 0.326 e. The van der Waals surface area contributed by atoms with Crippen molar-refractivity contribution in [1.29, 1.82) is 5.26 Å². The Labute approximate surface area is 266 Å². The second kappa shape index (κ2) is 12.2. The molecule has 0 bridgehead atoms. The first-order valence-electron chi connectivity index (χ1n) is 15.3. The number of amides is 2. The number of halogens is 5. The lowest BCUT2D eigenvalue weighted by atomic mass is 9.95. The van der Waals surface area contributed by atoms with E-state index in [9.17, 15) is 41.6 Å². The first kappa shape index (κ1) is 32.3. The van der Waals surface area contributed by atoms with Gasteiger partial charge in [0.1, 0.15) is 17.9 Å². The molecule has 47 heavy (non-hydrogen) atoms. The predicted molar refractivity (Wildman–Crippen MR) is 161 cm³/mol. The minimum absolute atomic E-state index is 0.0136. The van der Waals surface area contributed by atoms with Crippen LogP contribution in [0.3, 0.4) is 0 Å². The Morgan fingerprint density at radius 2 is 1.81 bits per heavy atom. The Morgan fingerprint density at radius 3 is 2.43 bits per heavy atom. The van der Waals surface area contributed by atoms with Crippen LogP contribution in [0.25, 0.3) is 11.1 Å². The second-order valence-electron chi connectivity index (χ2n) is 12.6. The minimum atomic E-state index is -4.71. The number of benzene rings is 1. The highest BCUT2D eigenvalue weighted by molar-refractivity contribution is 6.05. The van der Waals surface area contributed by atoms with E-state index < -0.39 is 54.7 Å². The van der Waals surface area contributed by atoms with Crippen LogP contribution in [0.15, 0.2) is 47.4 Å². The number of carbonyl (C=O) groups excluding carboxylic acids is 2. The summed E-state index contributed by atoms with van der Waals surface area (Å²) >= 11 is 0. The fourth-order valence-electron chi connectivity index (χ4n) is 5.72. The van der Waals surface area contributed by atoms with Gasteiger partial charge in [0.15, 0.2) is 0 Å². The maximum absolute atomic E-state index is 13.6. The number of anilines is 1. The van der Waals surface area contributed by atoms with Gasteiger partial charge in [-0.3, -0.25) is 14.4 Å². The Morgan fingerprint density at radius 1 is 1.09 bits per heavy atom. The summed E-state index contributed by atoms with van der Waals surface area (Å²) in [7, 11) is 0. The molecule has 3 aromatic rings. The summed E-state index contributed by atoms with van der Waals surface area (Å²) in [5, 5.41) is 15.2. The third kappa shape index (κ3) is 7.51. The number of carbonyl (C=O) groups is 2. The largest absolute Gasteiger partial charge is 0.406 e. The number of aromatic nitrogens is 2. The summed E-state index contributed by atoms with van der Waals surface area (Å²) in [5.74, 6) is -4.16. The molecule has 1 atom stereocenters. The minimum Gasteiger partial charge on any atom is -0.326 e. The fraction of sp³-hybridized carbons (Fsp3) is 0.424. The van der Waals surface area contributed by atoms with Crippen LogP contribution >= 0.6 is 0 Å². The van der Waals surface area contributed by atoms with Crippen molar-refractivity contribution in [1.82, 2.24) is 19.8 Å². The zero-order valence-electron chi connectivity index (χ0n) is 25.3. The summed E-state index contributed by atoms with van der Waals surface area (Å²) in [4.78, 5) is 45.4. The molecule has 1 aliphatic heterocycles. The molecule has 14 heteroatoms. The molecular weight excluding hydrogens is 623 g/mol. The highest BCUT2D eigenvalue weighted by Gasteiger charge is 2.46. The molecule has 3 fully saturated rings. The van der Waals surface area contributed by atoms with E-state index in [0.29, 0.717) is 32.9 Å². The maximum atomic E-state index is 13.6. The predicted octanol–water partition coefficient (Wildman–Crippen LogP) is 5.45. The number of hydrogen-bond donors (Lipinski definition) is 2. The van der Waals surface area contributed by atoms with E-state index in [0.717, 1.165) is 36.8 Å². The van der Waals surface area contributed by atoms with E-state index in [1.807, 2.05) is 13.0 Å². The van der Waals surface area contributed by atoms with Crippen molar-refractivity contribution in [2.75, 3.05) is 18.4 Å². The molecule has 2 N–H and O–H groups in total. The molecule has 6 rings (SSSR count). The quantitative estimate of drug-likeness (QED) is 0.281. The lowest BCUT2D eigenvalue weighted by Gasteiger charge is -2.39. The third-order valence-corrected chi connectivity index (χ3v) is 8.60. The molecule has 9 nitrogen and oxygen atoms in total. The molecule has 1 saturated heterocycles. The molecule has 0 spiro atoms. The van der Waals surface area contributed by atoms with E-state index in [2.05, 4.69) is 15.6 Å². The second-order valence-corrected chi connectivity index (χ2v) is 12.6. The van der Waals surface area contributed by atoms with E-state index in [1.165, 1.54) is 30.3 Å². The molecule has 2 aliphatic carbocycles. The summed E-state index contributed by atoms with van der Waals surface area (Å²) in [6.45, 7) is -0.969. The van der Waals surface area contributed by atoms with Gasteiger partial charge in [-0.15, -0.1) is 0 Å². The van der Waals surface area contributed by atoms with Gasteiger partial charge in [-0.2, -0.15) is 18.4 Å². The number of nitrogens with zero attached hydrogens (tertiary/aromatic N) is 4. The van der Waals surface area contributed by atoms with Gasteiger partial charge in [0.05, 0.1) is 24.7 Å². The molecule has 0 unspecified atom stereocenters. The van der Waals surface area contributed by atoms with E-state index in [4.69, 9.17) is 0 Å². The van der Waals surface area contributed by atoms with Crippen molar-refractivity contribution in [3.63, 3.8) is 0 Å². The topological polar surface area (TPSA) is 120 Å². The van der Waals surface area contributed by atoms with Gasteiger partial charge in [0, 0.05) is 36.0 Å². The SMILES string of the molecule is C[C@H](NCc1cc(C(=O)Nc2cc(-c3ccc(C#N)cc3C(=O)N3CC(F)(F)C3)cc(C3CC3)n2)c(=O)n(CC(F)(F)F)c1)C1CC1. The number of alkyl halides is 5. The fourth-order valence-corrected chi connectivity index (χ4v) is 5.72. The normalized spacial score (nSPS) is 17.9. The third-order valence-electron chi connectivity index (χ3n) is 8.60.